The number of fused-ring (bicyclic) bond motifs is 1. The van der Waals surface area contributed by atoms with Gasteiger partial charge < -0.3 is 5.32 Å². The highest BCUT2D eigenvalue weighted by molar-refractivity contribution is 7.17. The first-order chi connectivity index (χ1) is 12.5. The van der Waals surface area contributed by atoms with Gasteiger partial charge in [-0.25, -0.2) is 0 Å². The molecule has 5 heteroatoms. The van der Waals surface area contributed by atoms with Crippen molar-refractivity contribution in [2.24, 2.45) is 0 Å². The topological polar surface area (TPSA) is 12.0 Å². The summed E-state index contributed by atoms with van der Waals surface area (Å²) in [6.45, 7) is 2.93. The maximum absolute atomic E-state index is 12.8. The molecule has 0 saturated heterocycles. The highest BCUT2D eigenvalue weighted by Gasteiger charge is 2.30. The number of aryl methyl sites for hydroxylation is 1. The Bertz CT molecular complexity index is 854. The largest absolute Gasteiger partial charge is 0.416 e. The first kappa shape index (κ1) is 18.9. The molecule has 0 saturated carbocycles. The van der Waals surface area contributed by atoms with Gasteiger partial charge >= 0.3 is 6.18 Å². The summed E-state index contributed by atoms with van der Waals surface area (Å²) in [6.07, 6.45) is -1.86. The molecule has 0 aliphatic rings. The van der Waals surface area contributed by atoms with Crippen molar-refractivity contribution in [1.29, 1.82) is 0 Å². The van der Waals surface area contributed by atoms with Crippen molar-refractivity contribution in [2.45, 2.75) is 38.4 Å². The SMILES string of the molecule is CCC(NCCCc1cccc(C(F)(F)F)c1)c1csc2ccccc12. The van der Waals surface area contributed by atoms with Crippen LogP contribution in [0.2, 0.25) is 0 Å². The zero-order valence-corrected chi connectivity index (χ0v) is 15.5. The molecular formula is C21H22F3NS. The first-order valence-corrected chi connectivity index (χ1v) is 9.72. The highest BCUT2D eigenvalue weighted by Crippen LogP contribution is 2.32. The van der Waals surface area contributed by atoms with Crippen LogP contribution in [0.4, 0.5) is 13.2 Å². The van der Waals surface area contributed by atoms with E-state index in [1.807, 2.05) is 6.07 Å². The van der Waals surface area contributed by atoms with E-state index in [4.69, 9.17) is 0 Å². The zero-order chi connectivity index (χ0) is 18.6. The van der Waals surface area contributed by atoms with Gasteiger partial charge in [-0.3, -0.25) is 0 Å². The smallest absolute Gasteiger partial charge is 0.310 e. The fourth-order valence-electron chi connectivity index (χ4n) is 3.21. The van der Waals surface area contributed by atoms with Crippen molar-refractivity contribution in [3.63, 3.8) is 0 Å². The molecule has 1 atom stereocenters. The van der Waals surface area contributed by atoms with E-state index in [0.717, 1.165) is 31.0 Å². The van der Waals surface area contributed by atoms with Gasteiger partial charge in [-0.1, -0.05) is 43.3 Å². The summed E-state index contributed by atoms with van der Waals surface area (Å²) < 4.78 is 39.6. The number of rotatable bonds is 7. The minimum atomic E-state index is -4.28. The minimum absolute atomic E-state index is 0.271. The summed E-state index contributed by atoms with van der Waals surface area (Å²) >= 11 is 1.75. The number of thiophene rings is 1. The van der Waals surface area contributed by atoms with Gasteiger partial charge in [-0.05, 0) is 59.8 Å². The van der Waals surface area contributed by atoms with E-state index < -0.39 is 11.7 Å². The van der Waals surface area contributed by atoms with Crippen molar-refractivity contribution >= 4 is 21.4 Å². The van der Waals surface area contributed by atoms with Crippen LogP contribution in [0.1, 0.15) is 42.5 Å². The summed E-state index contributed by atoms with van der Waals surface area (Å²) in [5.74, 6) is 0. The van der Waals surface area contributed by atoms with Crippen molar-refractivity contribution in [3.8, 4) is 0 Å². The van der Waals surface area contributed by atoms with E-state index in [2.05, 4.69) is 35.8 Å². The Morgan fingerprint density at radius 1 is 1.08 bits per heavy atom. The van der Waals surface area contributed by atoms with E-state index in [-0.39, 0.29) is 6.04 Å². The third-order valence-corrected chi connectivity index (χ3v) is 5.56. The number of hydrogen-bond acceptors (Lipinski definition) is 2. The molecule has 3 aromatic rings. The predicted molar refractivity (Wildman–Crippen MR) is 103 cm³/mol. The molecule has 138 valence electrons. The Balaban J connectivity index is 1.57. The van der Waals surface area contributed by atoms with E-state index >= 15 is 0 Å². The van der Waals surface area contributed by atoms with E-state index in [1.54, 1.807) is 17.4 Å². The summed E-state index contributed by atoms with van der Waals surface area (Å²) in [4.78, 5) is 0. The van der Waals surface area contributed by atoms with Gasteiger partial charge in [0.15, 0.2) is 0 Å². The fraction of sp³-hybridized carbons (Fsp3) is 0.333. The van der Waals surface area contributed by atoms with Gasteiger partial charge in [-0.2, -0.15) is 13.2 Å². The van der Waals surface area contributed by atoms with Gasteiger partial charge in [0, 0.05) is 10.7 Å². The van der Waals surface area contributed by atoms with Crippen LogP contribution in [0.5, 0.6) is 0 Å². The lowest BCUT2D eigenvalue weighted by molar-refractivity contribution is -0.137. The molecule has 3 rings (SSSR count). The standard InChI is InChI=1S/C21H22F3NS/c1-2-19(18-14-26-20-11-4-3-10-17(18)20)25-12-6-8-15-7-5-9-16(13-15)21(22,23)24/h3-5,7,9-11,13-14,19,25H,2,6,8,12H2,1H3. The molecule has 0 bridgehead atoms. The lowest BCUT2D eigenvalue weighted by Gasteiger charge is -2.17. The number of nitrogens with one attached hydrogen (secondary N) is 1. The lowest BCUT2D eigenvalue weighted by atomic mass is 10.0. The average molecular weight is 377 g/mol. The molecule has 1 N–H and O–H groups in total. The van der Waals surface area contributed by atoms with Crippen molar-refractivity contribution < 1.29 is 13.2 Å². The van der Waals surface area contributed by atoms with E-state index in [0.29, 0.717) is 6.42 Å². The number of benzene rings is 2. The van der Waals surface area contributed by atoms with Gasteiger partial charge in [-0.15, -0.1) is 11.3 Å². The van der Waals surface area contributed by atoms with E-state index in [1.165, 1.54) is 27.8 Å². The van der Waals surface area contributed by atoms with Crippen LogP contribution in [0, 0.1) is 0 Å². The third kappa shape index (κ3) is 4.46. The number of hydrogen-bond donors (Lipinski definition) is 1. The summed E-state index contributed by atoms with van der Waals surface area (Å²) in [6, 6.07) is 14.3. The minimum Gasteiger partial charge on any atom is -0.310 e. The molecule has 1 heterocycles. The Labute approximate surface area is 155 Å². The predicted octanol–water partition coefficient (Wildman–Crippen LogP) is 6.59. The summed E-state index contributed by atoms with van der Waals surface area (Å²) in [7, 11) is 0. The van der Waals surface area contributed by atoms with Gasteiger partial charge in [0.25, 0.3) is 0 Å². The van der Waals surface area contributed by atoms with Crippen LogP contribution in [-0.4, -0.2) is 6.54 Å². The molecule has 0 spiro atoms. The van der Waals surface area contributed by atoms with Crippen LogP contribution < -0.4 is 5.32 Å². The number of halogens is 3. The van der Waals surface area contributed by atoms with Crippen LogP contribution >= 0.6 is 11.3 Å². The second-order valence-corrected chi connectivity index (χ2v) is 7.32. The van der Waals surface area contributed by atoms with Gasteiger partial charge in [0.1, 0.15) is 0 Å². The molecule has 0 aliphatic carbocycles. The molecule has 0 aliphatic heterocycles. The molecule has 0 radical (unpaired) electrons. The third-order valence-electron chi connectivity index (χ3n) is 4.58. The molecule has 0 amide bonds. The first-order valence-electron chi connectivity index (χ1n) is 8.84. The van der Waals surface area contributed by atoms with Crippen LogP contribution in [0.25, 0.3) is 10.1 Å². The fourth-order valence-corrected chi connectivity index (χ4v) is 4.23. The van der Waals surface area contributed by atoms with Crippen molar-refractivity contribution in [1.82, 2.24) is 5.32 Å². The molecule has 1 aromatic heterocycles. The normalized spacial score (nSPS) is 13.2. The Hall–Kier alpha value is -1.85. The Kier molecular flexibility index (Phi) is 5.99. The molecule has 1 unspecified atom stereocenters. The van der Waals surface area contributed by atoms with Gasteiger partial charge in [0.2, 0.25) is 0 Å². The van der Waals surface area contributed by atoms with Crippen molar-refractivity contribution in [2.75, 3.05) is 6.54 Å². The molecular weight excluding hydrogens is 355 g/mol. The molecule has 2 aromatic carbocycles. The maximum atomic E-state index is 12.8. The molecule has 1 nitrogen and oxygen atoms in total. The lowest BCUT2D eigenvalue weighted by Crippen LogP contribution is -2.22. The molecule has 26 heavy (non-hydrogen) atoms. The van der Waals surface area contributed by atoms with Gasteiger partial charge in [0.05, 0.1) is 5.56 Å². The number of alkyl halides is 3. The van der Waals surface area contributed by atoms with Crippen molar-refractivity contribution in [3.05, 3.63) is 70.6 Å². The highest BCUT2D eigenvalue weighted by atomic mass is 32.1. The van der Waals surface area contributed by atoms with Crippen LogP contribution in [0.15, 0.2) is 53.9 Å². The molecule has 0 fully saturated rings. The monoisotopic (exact) mass is 377 g/mol. The van der Waals surface area contributed by atoms with Crippen LogP contribution in [-0.2, 0) is 12.6 Å². The van der Waals surface area contributed by atoms with Crippen LogP contribution in [0.3, 0.4) is 0 Å². The Morgan fingerprint density at radius 3 is 2.65 bits per heavy atom. The quantitative estimate of drug-likeness (QED) is 0.458. The maximum Gasteiger partial charge on any atom is 0.416 e. The second kappa shape index (κ2) is 8.23. The van der Waals surface area contributed by atoms with E-state index in [9.17, 15) is 13.2 Å². The summed E-state index contributed by atoms with van der Waals surface area (Å²) in [5.41, 5.74) is 1.47. The average Bonchev–Trinajstić information content (AvgIpc) is 3.05. The summed E-state index contributed by atoms with van der Waals surface area (Å²) in [5, 5.41) is 7.06. The Morgan fingerprint density at radius 2 is 1.88 bits per heavy atom. The zero-order valence-electron chi connectivity index (χ0n) is 14.6. The second-order valence-electron chi connectivity index (χ2n) is 6.40.